The molecule has 0 aliphatic heterocycles. The highest BCUT2D eigenvalue weighted by Gasteiger charge is 2.12. The van der Waals surface area contributed by atoms with Gasteiger partial charge in [-0.3, -0.25) is 0 Å². The summed E-state index contributed by atoms with van der Waals surface area (Å²) >= 11 is 0. The predicted octanol–water partition coefficient (Wildman–Crippen LogP) is 2.31. The van der Waals surface area contributed by atoms with E-state index in [1.54, 1.807) is 6.20 Å². The number of aryl methyl sites for hydroxylation is 3. The van der Waals surface area contributed by atoms with Gasteiger partial charge in [-0.15, -0.1) is 0 Å². The first-order chi connectivity index (χ1) is 8.06. The standard InChI is InChI=1S/C14H18N2O/c1-10-6-11(2)8-12(7-10)13(17)9-14-15-4-5-16(14)3/h4-8,13,17H,9H2,1-3H3. The van der Waals surface area contributed by atoms with Crippen LogP contribution >= 0.6 is 0 Å². The van der Waals surface area contributed by atoms with E-state index in [1.165, 1.54) is 11.1 Å². The molecule has 0 aliphatic carbocycles. The Labute approximate surface area is 102 Å². The molecule has 0 saturated heterocycles. The van der Waals surface area contributed by atoms with Gasteiger partial charge < -0.3 is 9.67 Å². The number of aliphatic hydroxyl groups excluding tert-OH is 1. The lowest BCUT2D eigenvalue weighted by Gasteiger charge is -2.12. The molecular weight excluding hydrogens is 212 g/mol. The second kappa shape index (κ2) is 4.72. The van der Waals surface area contributed by atoms with Gasteiger partial charge in [0.25, 0.3) is 0 Å². The summed E-state index contributed by atoms with van der Waals surface area (Å²) in [4.78, 5) is 4.23. The number of aromatic nitrogens is 2. The van der Waals surface area contributed by atoms with E-state index in [9.17, 15) is 5.11 Å². The molecule has 0 amide bonds. The minimum absolute atomic E-state index is 0.491. The lowest BCUT2D eigenvalue weighted by molar-refractivity contribution is 0.174. The van der Waals surface area contributed by atoms with E-state index < -0.39 is 6.10 Å². The van der Waals surface area contributed by atoms with Gasteiger partial charge in [0, 0.05) is 25.9 Å². The molecule has 1 N–H and O–H groups in total. The summed E-state index contributed by atoms with van der Waals surface area (Å²) in [5.41, 5.74) is 3.32. The summed E-state index contributed by atoms with van der Waals surface area (Å²) in [6, 6.07) is 6.16. The molecule has 0 aliphatic rings. The fraction of sp³-hybridized carbons (Fsp3) is 0.357. The molecule has 2 rings (SSSR count). The van der Waals surface area contributed by atoms with E-state index in [1.807, 2.05) is 43.8 Å². The van der Waals surface area contributed by atoms with Crippen molar-refractivity contribution >= 4 is 0 Å². The third-order valence-electron chi connectivity index (χ3n) is 2.93. The Morgan fingerprint density at radius 3 is 2.41 bits per heavy atom. The molecule has 0 bridgehead atoms. The van der Waals surface area contributed by atoms with Crippen molar-refractivity contribution in [3.8, 4) is 0 Å². The first-order valence-corrected chi connectivity index (χ1v) is 5.78. The minimum atomic E-state index is -0.491. The van der Waals surface area contributed by atoms with Gasteiger partial charge >= 0.3 is 0 Å². The van der Waals surface area contributed by atoms with Gasteiger partial charge in [0.2, 0.25) is 0 Å². The molecule has 1 heterocycles. The first-order valence-electron chi connectivity index (χ1n) is 5.78. The van der Waals surface area contributed by atoms with Gasteiger partial charge in [-0.05, 0) is 19.4 Å². The zero-order valence-electron chi connectivity index (χ0n) is 10.5. The maximum Gasteiger partial charge on any atom is 0.111 e. The number of aliphatic hydroxyl groups is 1. The zero-order chi connectivity index (χ0) is 12.4. The number of nitrogens with zero attached hydrogens (tertiary/aromatic N) is 2. The fourth-order valence-electron chi connectivity index (χ4n) is 2.09. The van der Waals surface area contributed by atoms with Crippen LogP contribution in [0.1, 0.15) is 28.6 Å². The molecule has 1 atom stereocenters. The fourth-order valence-corrected chi connectivity index (χ4v) is 2.09. The van der Waals surface area contributed by atoms with E-state index in [-0.39, 0.29) is 0 Å². The van der Waals surface area contributed by atoms with Crippen molar-refractivity contribution < 1.29 is 5.11 Å². The molecule has 0 fully saturated rings. The van der Waals surface area contributed by atoms with Gasteiger partial charge in [0.05, 0.1) is 6.10 Å². The largest absolute Gasteiger partial charge is 0.388 e. The van der Waals surface area contributed by atoms with Crippen LogP contribution in [-0.4, -0.2) is 14.7 Å². The van der Waals surface area contributed by atoms with Crippen LogP contribution in [0.15, 0.2) is 30.6 Å². The van der Waals surface area contributed by atoms with Crippen LogP contribution in [0, 0.1) is 13.8 Å². The number of hydrogen-bond acceptors (Lipinski definition) is 2. The number of imidazole rings is 1. The Morgan fingerprint density at radius 1 is 1.24 bits per heavy atom. The molecule has 0 radical (unpaired) electrons. The molecule has 0 saturated carbocycles. The summed E-state index contributed by atoms with van der Waals surface area (Å²) in [6.45, 7) is 4.09. The van der Waals surface area contributed by atoms with E-state index in [4.69, 9.17) is 0 Å². The summed E-state index contributed by atoms with van der Waals surface area (Å²) < 4.78 is 1.94. The summed E-state index contributed by atoms with van der Waals surface area (Å²) in [6.07, 6.45) is 3.70. The topological polar surface area (TPSA) is 38.1 Å². The molecule has 90 valence electrons. The van der Waals surface area contributed by atoms with Crippen LogP contribution in [0.25, 0.3) is 0 Å². The van der Waals surface area contributed by atoms with Crippen LogP contribution in [0.4, 0.5) is 0 Å². The van der Waals surface area contributed by atoms with Crippen LogP contribution in [0.2, 0.25) is 0 Å². The first kappa shape index (κ1) is 11.9. The van der Waals surface area contributed by atoms with Crippen LogP contribution in [0.3, 0.4) is 0 Å². The van der Waals surface area contributed by atoms with Crippen molar-refractivity contribution in [2.24, 2.45) is 7.05 Å². The zero-order valence-corrected chi connectivity index (χ0v) is 10.5. The van der Waals surface area contributed by atoms with Gasteiger partial charge in [-0.1, -0.05) is 29.3 Å². The van der Waals surface area contributed by atoms with Crippen molar-refractivity contribution in [1.82, 2.24) is 9.55 Å². The molecule has 3 nitrogen and oxygen atoms in total. The van der Waals surface area contributed by atoms with Crippen molar-refractivity contribution in [2.75, 3.05) is 0 Å². The smallest absolute Gasteiger partial charge is 0.111 e. The summed E-state index contributed by atoms with van der Waals surface area (Å²) in [5.74, 6) is 0.900. The third-order valence-corrected chi connectivity index (χ3v) is 2.93. The molecule has 0 spiro atoms. The summed E-state index contributed by atoms with van der Waals surface area (Å²) in [5, 5.41) is 10.2. The van der Waals surface area contributed by atoms with Crippen molar-refractivity contribution in [1.29, 1.82) is 0 Å². The van der Waals surface area contributed by atoms with E-state index in [2.05, 4.69) is 11.1 Å². The third kappa shape index (κ3) is 2.74. The minimum Gasteiger partial charge on any atom is -0.388 e. The highest BCUT2D eigenvalue weighted by Crippen LogP contribution is 2.20. The van der Waals surface area contributed by atoms with Crippen LogP contribution in [0.5, 0.6) is 0 Å². The number of benzene rings is 1. The van der Waals surface area contributed by atoms with Crippen molar-refractivity contribution in [3.05, 3.63) is 53.1 Å². The predicted molar refractivity (Wildman–Crippen MR) is 67.8 cm³/mol. The monoisotopic (exact) mass is 230 g/mol. The molecular formula is C14H18N2O. The second-order valence-electron chi connectivity index (χ2n) is 4.60. The maximum absolute atomic E-state index is 10.2. The van der Waals surface area contributed by atoms with Gasteiger partial charge in [-0.2, -0.15) is 0 Å². The van der Waals surface area contributed by atoms with Crippen molar-refractivity contribution in [2.45, 2.75) is 26.4 Å². The average Bonchev–Trinajstić information content (AvgIpc) is 2.63. The highest BCUT2D eigenvalue weighted by atomic mass is 16.3. The van der Waals surface area contributed by atoms with E-state index in [0.717, 1.165) is 11.4 Å². The SMILES string of the molecule is Cc1cc(C)cc(C(O)Cc2nccn2C)c1. The van der Waals surface area contributed by atoms with Gasteiger partial charge in [0.1, 0.15) is 5.82 Å². The van der Waals surface area contributed by atoms with Crippen LogP contribution < -0.4 is 0 Å². The molecule has 3 heteroatoms. The second-order valence-corrected chi connectivity index (χ2v) is 4.60. The molecule has 2 aromatic rings. The molecule has 1 unspecified atom stereocenters. The molecule has 1 aromatic heterocycles. The molecule has 1 aromatic carbocycles. The number of rotatable bonds is 3. The Bertz CT molecular complexity index is 496. The normalized spacial score (nSPS) is 12.7. The Morgan fingerprint density at radius 2 is 1.88 bits per heavy atom. The van der Waals surface area contributed by atoms with Gasteiger partial charge in [-0.25, -0.2) is 4.98 Å². The quantitative estimate of drug-likeness (QED) is 0.878. The Balaban J connectivity index is 2.20. The Kier molecular flexibility index (Phi) is 3.29. The lowest BCUT2D eigenvalue weighted by atomic mass is 10.0. The highest BCUT2D eigenvalue weighted by molar-refractivity contribution is 5.30. The summed E-state index contributed by atoms with van der Waals surface area (Å²) in [7, 11) is 1.94. The van der Waals surface area contributed by atoms with Crippen LogP contribution in [-0.2, 0) is 13.5 Å². The maximum atomic E-state index is 10.2. The molecule has 17 heavy (non-hydrogen) atoms. The van der Waals surface area contributed by atoms with Crippen molar-refractivity contribution in [3.63, 3.8) is 0 Å². The van der Waals surface area contributed by atoms with Gasteiger partial charge in [0.15, 0.2) is 0 Å². The Hall–Kier alpha value is -1.61. The lowest BCUT2D eigenvalue weighted by Crippen LogP contribution is -2.07. The average molecular weight is 230 g/mol. The van der Waals surface area contributed by atoms with E-state index in [0.29, 0.717) is 6.42 Å². The van der Waals surface area contributed by atoms with E-state index >= 15 is 0 Å². The number of hydrogen-bond donors (Lipinski definition) is 1.